The van der Waals surface area contributed by atoms with Gasteiger partial charge in [0.2, 0.25) is 0 Å². The Morgan fingerprint density at radius 1 is 1.30 bits per heavy atom. The summed E-state index contributed by atoms with van der Waals surface area (Å²) in [5.41, 5.74) is 2.70. The van der Waals surface area contributed by atoms with Crippen LogP contribution in [0.25, 0.3) is 0 Å². The molecule has 2 unspecified atom stereocenters. The van der Waals surface area contributed by atoms with Crippen LogP contribution in [-0.4, -0.2) is 25.0 Å². The molecule has 2 atom stereocenters. The molecule has 5 nitrogen and oxygen atoms in total. The smallest absolute Gasteiger partial charge is 0.266 e. The Morgan fingerprint density at radius 2 is 1.90 bits per heavy atom. The quantitative estimate of drug-likeness (QED) is 0.791. The first-order valence-electron chi connectivity index (χ1n) is 6.38. The predicted molar refractivity (Wildman–Crippen MR) is 77.3 cm³/mol. The molecule has 0 aliphatic heterocycles. The van der Waals surface area contributed by atoms with Gasteiger partial charge in [0, 0.05) is 10.6 Å². The Balaban J connectivity index is 2.81. The second-order valence-corrected chi connectivity index (χ2v) is 4.95. The van der Waals surface area contributed by atoms with Gasteiger partial charge < -0.3 is 5.32 Å². The van der Waals surface area contributed by atoms with E-state index in [1.807, 2.05) is 13.8 Å². The molecule has 0 bridgehead atoms. The maximum atomic E-state index is 12.1. The van der Waals surface area contributed by atoms with E-state index in [0.717, 1.165) is 6.42 Å². The summed E-state index contributed by atoms with van der Waals surface area (Å²) in [7, 11) is 1.35. The molecule has 0 heterocycles. The van der Waals surface area contributed by atoms with Crippen LogP contribution >= 0.6 is 11.6 Å². The van der Waals surface area contributed by atoms with Crippen molar-refractivity contribution in [1.82, 2.24) is 10.8 Å². The van der Waals surface area contributed by atoms with E-state index in [1.165, 1.54) is 7.11 Å². The van der Waals surface area contributed by atoms with Gasteiger partial charge in [-0.15, -0.1) is 0 Å². The molecule has 0 fully saturated rings. The van der Waals surface area contributed by atoms with Gasteiger partial charge in [0.1, 0.15) is 6.04 Å². The van der Waals surface area contributed by atoms with E-state index >= 15 is 0 Å². The summed E-state index contributed by atoms with van der Waals surface area (Å²) in [5, 5.41) is 3.27. The fourth-order valence-electron chi connectivity index (χ4n) is 1.69. The average Bonchev–Trinajstić information content (AvgIpc) is 2.44. The van der Waals surface area contributed by atoms with E-state index in [9.17, 15) is 9.59 Å². The largest absolute Gasteiger partial charge is 0.340 e. The maximum absolute atomic E-state index is 12.1. The maximum Gasteiger partial charge on any atom is 0.266 e. The highest BCUT2D eigenvalue weighted by atomic mass is 35.5. The van der Waals surface area contributed by atoms with E-state index < -0.39 is 6.04 Å². The first-order chi connectivity index (χ1) is 9.49. The van der Waals surface area contributed by atoms with Crippen molar-refractivity contribution in [3.05, 3.63) is 34.9 Å². The lowest BCUT2D eigenvalue weighted by molar-refractivity contribution is -0.134. The van der Waals surface area contributed by atoms with E-state index in [1.54, 1.807) is 24.3 Å². The second-order valence-electron chi connectivity index (χ2n) is 4.51. The van der Waals surface area contributed by atoms with Crippen molar-refractivity contribution in [3.8, 4) is 0 Å². The second kappa shape index (κ2) is 7.87. The van der Waals surface area contributed by atoms with Crippen LogP contribution in [0.15, 0.2) is 24.3 Å². The van der Waals surface area contributed by atoms with Crippen molar-refractivity contribution in [3.63, 3.8) is 0 Å². The molecule has 2 amide bonds. The molecule has 110 valence electrons. The average molecular weight is 299 g/mol. The lowest BCUT2D eigenvalue weighted by Crippen LogP contribution is -2.50. The SMILES string of the molecule is CCC(C)C(NC(=O)c1ccc(Cl)cc1)C(=O)NOC. The normalized spacial score (nSPS) is 13.4. The predicted octanol–water partition coefficient (Wildman–Crippen LogP) is 2.16. The lowest BCUT2D eigenvalue weighted by atomic mass is 9.98. The van der Waals surface area contributed by atoms with Gasteiger partial charge in [-0.25, -0.2) is 5.48 Å². The fourth-order valence-corrected chi connectivity index (χ4v) is 1.82. The molecule has 6 heteroatoms. The summed E-state index contributed by atoms with van der Waals surface area (Å²) in [4.78, 5) is 28.6. The highest BCUT2D eigenvalue weighted by Crippen LogP contribution is 2.12. The summed E-state index contributed by atoms with van der Waals surface area (Å²) in [6.07, 6.45) is 0.753. The fraction of sp³-hybridized carbons (Fsp3) is 0.429. The van der Waals surface area contributed by atoms with Crippen molar-refractivity contribution >= 4 is 23.4 Å². The Morgan fingerprint density at radius 3 is 2.40 bits per heavy atom. The molecular formula is C14H19ClN2O3. The number of rotatable bonds is 6. The third kappa shape index (κ3) is 4.51. The van der Waals surface area contributed by atoms with Crippen LogP contribution in [0.1, 0.15) is 30.6 Å². The summed E-state index contributed by atoms with van der Waals surface area (Å²) in [6.45, 7) is 3.84. The van der Waals surface area contributed by atoms with E-state index in [2.05, 4.69) is 15.6 Å². The lowest BCUT2D eigenvalue weighted by Gasteiger charge is -2.22. The minimum atomic E-state index is -0.650. The van der Waals surface area contributed by atoms with E-state index in [0.29, 0.717) is 10.6 Å². The van der Waals surface area contributed by atoms with Crippen LogP contribution in [0, 0.1) is 5.92 Å². The van der Waals surface area contributed by atoms with E-state index in [4.69, 9.17) is 11.6 Å². The summed E-state index contributed by atoms with van der Waals surface area (Å²) in [6, 6.07) is 5.83. The topological polar surface area (TPSA) is 67.4 Å². The molecule has 0 saturated heterocycles. The summed E-state index contributed by atoms with van der Waals surface area (Å²) in [5.74, 6) is -0.705. The number of hydrogen-bond acceptors (Lipinski definition) is 3. The first-order valence-corrected chi connectivity index (χ1v) is 6.76. The highest BCUT2D eigenvalue weighted by Gasteiger charge is 2.26. The Hall–Kier alpha value is -1.59. The summed E-state index contributed by atoms with van der Waals surface area (Å²) >= 11 is 5.77. The minimum absolute atomic E-state index is 0.0126. The number of carbonyl (C=O) groups excluding carboxylic acids is 2. The standard InChI is InChI=1S/C14H19ClN2O3/c1-4-9(2)12(14(19)17-20-3)16-13(18)10-5-7-11(15)8-6-10/h5-9,12H,4H2,1-3H3,(H,16,18)(H,17,19). The van der Waals surface area contributed by atoms with Crippen LogP contribution in [0.4, 0.5) is 0 Å². The van der Waals surface area contributed by atoms with E-state index in [-0.39, 0.29) is 17.7 Å². The molecule has 2 N–H and O–H groups in total. The van der Waals surface area contributed by atoms with Crippen LogP contribution in [0.5, 0.6) is 0 Å². The number of carbonyl (C=O) groups is 2. The van der Waals surface area contributed by atoms with Gasteiger partial charge in [-0.1, -0.05) is 31.9 Å². The first kappa shape index (κ1) is 16.5. The summed E-state index contributed by atoms with van der Waals surface area (Å²) < 4.78 is 0. The molecule has 0 aliphatic rings. The number of nitrogens with one attached hydrogen (secondary N) is 2. The Labute approximate surface area is 123 Å². The third-order valence-electron chi connectivity index (χ3n) is 3.09. The van der Waals surface area contributed by atoms with Crippen molar-refractivity contribution in [2.24, 2.45) is 5.92 Å². The van der Waals surface area contributed by atoms with Gasteiger partial charge >= 0.3 is 0 Å². The van der Waals surface area contributed by atoms with Crippen LogP contribution < -0.4 is 10.8 Å². The molecule has 0 radical (unpaired) electrons. The zero-order valence-corrected chi connectivity index (χ0v) is 12.5. The van der Waals surface area contributed by atoms with Gasteiger partial charge in [0.25, 0.3) is 11.8 Å². The molecule has 0 spiro atoms. The van der Waals surface area contributed by atoms with Gasteiger partial charge in [-0.2, -0.15) is 0 Å². The zero-order valence-electron chi connectivity index (χ0n) is 11.8. The third-order valence-corrected chi connectivity index (χ3v) is 3.34. The molecule has 0 aliphatic carbocycles. The molecule has 0 aromatic heterocycles. The van der Waals surface area contributed by atoms with Crippen molar-refractivity contribution in [2.75, 3.05) is 7.11 Å². The molecule has 1 rings (SSSR count). The van der Waals surface area contributed by atoms with Crippen LogP contribution in [-0.2, 0) is 9.63 Å². The van der Waals surface area contributed by atoms with Crippen LogP contribution in [0.3, 0.4) is 0 Å². The van der Waals surface area contributed by atoms with Crippen molar-refractivity contribution in [2.45, 2.75) is 26.3 Å². The Bertz CT molecular complexity index is 462. The van der Waals surface area contributed by atoms with Crippen molar-refractivity contribution in [1.29, 1.82) is 0 Å². The molecule has 20 heavy (non-hydrogen) atoms. The molecule has 1 aromatic carbocycles. The Kier molecular flexibility index (Phi) is 6.48. The van der Waals surface area contributed by atoms with Gasteiger partial charge in [0.15, 0.2) is 0 Å². The number of hydroxylamine groups is 1. The molecular weight excluding hydrogens is 280 g/mol. The number of amides is 2. The minimum Gasteiger partial charge on any atom is -0.340 e. The number of benzene rings is 1. The molecule has 1 aromatic rings. The van der Waals surface area contributed by atoms with Crippen LogP contribution in [0.2, 0.25) is 5.02 Å². The number of halogens is 1. The molecule has 0 saturated carbocycles. The van der Waals surface area contributed by atoms with Gasteiger partial charge in [-0.05, 0) is 30.2 Å². The van der Waals surface area contributed by atoms with Gasteiger partial charge in [0.05, 0.1) is 7.11 Å². The zero-order chi connectivity index (χ0) is 15.1. The van der Waals surface area contributed by atoms with Gasteiger partial charge in [-0.3, -0.25) is 14.4 Å². The number of hydrogen-bond donors (Lipinski definition) is 2. The van der Waals surface area contributed by atoms with Crippen molar-refractivity contribution < 1.29 is 14.4 Å². The highest BCUT2D eigenvalue weighted by molar-refractivity contribution is 6.30. The monoisotopic (exact) mass is 298 g/mol.